The third-order valence-electron chi connectivity index (χ3n) is 2.08. The zero-order valence-electron chi connectivity index (χ0n) is 10.7. The molecule has 3 N–H and O–H groups in total. The number of nitrogens with zero attached hydrogens (tertiary/aromatic N) is 3. The summed E-state index contributed by atoms with van der Waals surface area (Å²) in [5, 5.41) is 0. The van der Waals surface area contributed by atoms with Gasteiger partial charge in [-0.3, -0.25) is 4.79 Å². The number of aromatic nitrogens is 2. The van der Waals surface area contributed by atoms with Crippen LogP contribution in [0.25, 0.3) is 0 Å². The van der Waals surface area contributed by atoms with Gasteiger partial charge in [0.2, 0.25) is 0 Å². The van der Waals surface area contributed by atoms with E-state index in [9.17, 15) is 4.79 Å². The van der Waals surface area contributed by atoms with Crippen molar-refractivity contribution in [3.63, 3.8) is 0 Å². The van der Waals surface area contributed by atoms with Crippen LogP contribution in [-0.2, 0) is 0 Å². The first-order valence-electron chi connectivity index (χ1n) is 5.37. The molecule has 1 rings (SSSR count). The van der Waals surface area contributed by atoms with E-state index in [2.05, 4.69) is 36.2 Å². The number of hydrazine groups is 1. The minimum Gasteiger partial charge on any atom is -0.340 e. The number of rotatable bonds is 3. The lowest BCUT2D eigenvalue weighted by atomic mass is 9.96. The van der Waals surface area contributed by atoms with E-state index in [1.807, 2.05) is 0 Å². The van der Waals surface area contributed by atoms with Crippen LogP contribution in [0.3, 0.4) is 0 Å². The van der Waals surface area contributed by atoms with Gasteiger partial charge in [-0.05, 0) is 5.41 Å². The Morgan fingerprint density at radius 1 is 1.41 bits per heavy atom. The van der Waals surface area contributed by atoms with E-state index in [4.69, 9.17) is 5.84 Å². The third kappa shape index (κ3) is 3.99. The van der Waals surface area contributed by atoms with Gasteiger partial charge in [0.05, 0.1) is 12.4 Å². The zero-order chi connectivity index (χ0) is 13.1. The van der Waals surface area contributed by atoms with E-state index in [-0.39, 0.29) is 11.3 Å². The molecule has 0 aliphatic heterocycles. The molecular weight excluding hydrogens is 218 g/mol. The van der Waals surface area contributed by atoms with Crippen molar-refractivity contribution < 1.29 is 4.79 Å². The lowest BCUT2D eigenvalue weighted by molar-refractivity contribution is 0.0739. The molecule has 6 heteroatoms. The lowest BCUT2D eigenvalue weighted by Crippen LogP contribution is -2.35. The number of nitrogens with one attached hydrogen (secondary N) is 1. The predicted molar refractivity (Wildman–Crippen MR) is 66.3 cm³/mol. The molecule has 0 atom stereocenters. The SMILES string of the molecule is CN(CC(C)(C)C)C(=O)c1cnc(NN)cn1. The van der Waals surface area contributed by atoms with Gasteiger partial charge in [0.25, 0.3) is 5.91 Å². The molecule has 0 aromatic carbocycles. The molecule has 0 saturated heterocycles. The molecule has 0 aliphatic carbocycles. The molecule has 1 aromatic rings. The summed E-state index contributed by atoms with van der Waals surface area (Å²) in [6.07, 6.45) is 2.84. The maximum atomic E-state index is 12.0. The highest BCUT2D eigenvalue weighted by Crippen LogP contribution is 2.15. The minimum atomic E-state index is -0.143. The van der Waals surface area contributed by atoms with Crippen LogP contribution in [0.4, 0.5) is 5.82 Å². The second-order valence-electron chi connectivity index (χ2n) is 5.15. The summed E-state index contributed by atoms with van der Waals surface area (Å²) < 4.78 is 0. The Hall–Kier alpha value is -1.69. The second kappa shape index (κ2) is 5.09. The summed E-state index contributed by atoms with van der Waals surface area (Å²) in [7, 11) is 1.75. The molecule has 1 heterocycles. The monoisotopic (exact) mass is 237 g/mol. The summed E-state index contributed by atoms with van der Waals surface area (Å²) >= 11 is 0. The van der Waals surface area contributed by atoms with E-state index < -0.39 is 0 Å². The highest BCUT2D eigenvalue weighted by molar-refractivity contribution is 5.91. The van der Waals surface area contributed by atoms with Crippen molar-refractivity contribution in [1.82, 2.24) is 14.9 Å². The first kappa shape index (κ1) is 13.4. The highest BCUT2D eigenvalue weighted by Gasteiger charge is 2.19. The number of anilines is 1. The van der Waals surface area contributed by atoms with E-state index in [1.165, 1.54) is 12.4 Å². The summed E-state index contributed by atoms with van der Waals surface area (Å²) in [4.78, 5) is 21.6. The molecule has 1 aromatic heterocycles. The van der Waals surface area contributed by atoms with Gasteiger partial charge in [-0.2, -0.15) is 0 Å². The summed E-state index contributed by atoms with van der Waals surface area (Å²) in [6, 6.07) is 0. The molecule has 0 spiro atoms. The Morgan fingerprint density at radius 2 is 2.06 bits per heavy atom. The van der Waals surface area contributed by atoms with E-state index >= 15 is 0 Å². The molecule has 0 aliphatic rings. The van der Waals surface area contributed by atoms with Gasteiger partial charge in [-0.15, -0.1) is 0 Å². The van der Waals surface area contributed by atoms with Crippen LogP contribution >= 0.6 is 0 Å². The molecule has 0 fully saturated rings. The fourth-order valence-electron chi connectivity index (χ4n) is 1.49. The number of carbonyl (C=O) groups is 1. The maximum absolute atomic E-state index is 12.0. The van der Waals surface area contributed by atoms with E-state index in [0.717, 1.165) is 0 Å². The number of carbonyl (C=O) groups excluding carboxylic acids is 1. The maximum Gasteiger partial charge on any atom is 0.273 e. The Kier molecular flexibility index (Phi) is 4.01. The largest absolute Gasteiger partial charge is 0.340 e. The van der Waals surface area contributed by atoms with Crippen LogP contribution < -0.4 is 11.3 Å². The Labute approximate surface area is 101 Å². The van der Waals surface area contributed by atoms with Gasteiger partial charge in [-0.1, -0.05) is 20.8 Å². The lowest BCUT2D eigenvalue weighted by Gasteiger charge is -2.26. The van der Waals surface area contributed by atoms with Crippen LogP contribution in [0.5, 0.6) is 0 Å². The molecule has 0 unspecified atom stereocenters. The number of nitrogens with two attached hydrogens (primary N) is 1. The van der Waals surface area contributed by atoms with Gasteiger partial charge in [0, 0.05) is 13.6 Å². The smallest absolute Gasteiger partial charge is 0.273 e. The number of hydrogen-bond donors (Lipinski definition) is 2. The molecule has 0 radical (unpaired) electrons. The normalized spacial score (nSPS) is 11.1. The highest BCUT2D eigenvalue weighted by atomic mass is 16.2. The van der Waals surface area contributed by atoms with Crippen molar-refractivity contribution in [3.05, 3.63) is 18.1 Å². The number of nitrogen functional groups attached to an aromatic ring is 1. The second-order valence-corrected chi connectivity index (χ2v) is 5.15. The Bertz CT molecular complexity index is 382. The van der Waals surface area contributed by atoms with Crippen molar-refractivity contribution in [2.75, 3.05) is 19.0 Å². The number of hydrogen-bond acceptors (Lipinski definition) is 5. The molecular formula is C11H19N5O. The fourth-order valence-corrected chi connectivity index (χ4v) is 1.49. The first-order valence-corrected chi connectivity index (χ1v) is 5.37. The van der Waals surface area contributed by atoms with Gasteiger partial charge < -0.3 is 10.3 Å². The van der Waals surface area contributed by atoms with E-state index in [0.29, 0.717) is 18.1 Å². The molecule has 0 saturated carbocycles. The fraction of sp³-hybridized carbons (Fsp3) is 0.545. The van der Waals surface area contributed by atoms with Crippen LogP contribution in [0.15, 0.2) is 12.4 Å². The van der Waals surface area contributed by atoms with Gasteiger partial charge in [-0.25, -0.2) is 15.8 Å². The third-order valence-corrected chi connectivity index (χ3v) is 2.08. The van der Waals surface area contributed by atoms with Crippen LogP contribution in [-0.4, -0.2) is 34.4 Å². The van der Waals surface area contributed by atoms with Crippen LogP contribution in [0.2, 0.25) is 0 Å². The Balaban J connectivity index is 2.75. The molecule has 6 nitrogen and oxygen atoms in total. The molecule has 0 bridgehead atoms. The van der Waals surface area contributed by atoms with Crippen molar-refractivity contribution >= 4 is 11.7 Å². The van der Waals surface area contributed by atoms with Gasteiger partial charge in [0.1, 0.15) is 5.69 Å². The van der Waals surface area contributed by atoms with Crippen molar-refractivity contribution in [3.8, 4) is 0 Å². The quantitative estimate of drug-likeness (QED) is 0.602. The standard InChI is InChI=1S/C11H19N5O/c1-11(2,3)7-16(4)10(17)8-5-14-9(15-12)6-13-8/h5-6H,7,12H2,1-4H3,(H,14,15). The zero-order valence-corrected chi connectivity index (χ0v) is 10.7. The molecule has 17 heavy (non-hydrogen) atoms. The van der Waals surface area contributed by atoms with Crippen molar-refractivity contribution in [2.24, 2.45) is 11.3 Å². The van der Waals surface area contributed by atoms with E-state index in [1.54, 1.807) is 11.9 Å². The van der Waals surface area contributed by atoms with Crippen LogP contribution in [0, 0.1) is 5.41 Å². The van der Waals surface area contributed by atoms with Crippen LogP contribution in [0.1, 0.15) is 31.3 Å². The first-order chi connectivity index (χ1) is 7.83. The van der Waals surface area contributed by atoms with Gasteiger partial charge >= 0.3 is 0 Å². The number of amides is 1. The van der Waals surface area contributed by atoms with Crippen molar-refractivity contribution in [2.45, 2.75) is 20.8 Å². The molecule has 94 valence electrons. The summed E-state index contributed by atoms with van der Waals surface area (Å²) in [5.41, 5.74) is 2.73. The average Bonchev–Trinajstić information content (AvgIpc) is 2.26. The predicted octanol–water partition coefficient (Wildman–Crippen LogP) is 0.880. The Morgan fingerprint density at radius 3 is 2.47 bits per heavy atom. The minimum absolute atomic E-state index is 0.0522. The van der Waals surface area contributed by atoms with Gasteiger partial charge in [0.15, 0.2) is 5.82 Å². The summed E-state index contributed by atoms with van der Waals surface area (Å²) in [5.74, 6) is 5.46. The average molecular weight is 237 g/mol. The molecule has 1 amide bonds. The van der Waals surface area contributed by atoms with Crippen molar-refractivity contribution in [1.29, 1.82) is 0 Å². The topological polar surface area (TPSA) is 84.1 Å². The summed E-state index contributed by atoms with van der Waals surface area (Å²) in [6.45, 7) is 6.88.